The van der Waals surface area contributed by atoms with Crippen molar-refractivity contribution in [3.8, 4) is 11.3 Å². The smallest absolute Gasteiger partial charge is 0.411 e. The second-order valence-electron chi connectivity index (χ2n) is 10.5. The molecular weight excluding hydrogens is 572 g/mol. The molecule has 2 aliphatic rings. The zero-order valence-corrected chi connectivity index (χ0v) is 23.8. The highest BCUT2D eigenvalue weighted by Gasteiger charge is 2.37. The number of H-pyrrole nitrogens is 1. The Bertz CT molecular complexity index is 1520. The Hall–Kier alpha value is -4.19. The molecule has 3 heterocycles. The summed E-state index contributed by atoms with van der Waals surface area (Å²) in [6.45, 7) is 2.15. The van der Waals surface area contributed by atoms with Crippen LogP contribution in [0.15, 0.2) is 36.5 Å². The van der Waals surface area contributed by atoms with Gasteiger partial charge in [0.15, 0.2) is 5.82 Å². The van der Waals surface area contributed by atoms with Crippen LogP contribution >= 0.6 is 11.6 Å². The van der Waals surface area contributed by atoms with Gasteiger partial charge in [-0.2, -0.15) is 0 Å². The molecule has 0 spiro atoms. The topological polar surface area (TPSA) is 126 Å². The van der Waals surface area contributed by atoms with Crippen molar-refractivity contribution >= 4 is 41.1 Å². The van der Waals surface area contributed by atoms with Crippen LogP contribution in [0.4, 0.5) is 29.7 Å². The number of nitrogens with zero attached hydrogens (tertiary/aromatic N) is 2. The number of benzene rings is 2. The van der Waals surface area contributed by atoms with E-state index in [9.17, 15) is 23.2 Å². The Morgan fingerprint density at radius 3 is 2.76 bits per heavy atom. The van der Waals surface area contributed by atoms with Crippen molar-refractivity contribution < 1.29 is 32.6 Å². The highest BCUT2D eigenvalue weighted by molar-refractivity contribution is 6.30. The number of carbonyl (C=O) groups excluding carboxylic acids is 3. The molecule has 0 radical (unpaired) electrons. The van der Waals surface area contributed by atoms with E-state index in [2.05, 4.69) is 20.4 Å². The van der Waals surface area contributed by atoms with Crippen LogP contribution in [0.5, 0.6) is 0 Å². The summed E-state index contributed by atoms with van der Waals surface area (Å²) in [6.07, 6.45) is 1.51. The summed E-state index contributed by atoms with van der Waals surface area (Å²) in [6, 6.07) is 6.65. The molecule has 5 rings (SSSR count). The van der Waals surface area contributed by atoms with Crippen LogP contribution in [0.1, 0.15) is 62.6 Å². The van der Waals surface area contributed by atoms with Crippen molar-refractivity contribution in [3.05, 3.63) is 64.6 Å². The summed E-state index contributed by atoms with van der Waals surface area (Å²) in [5.41, 5.74) is 1.61. The number of methoxy groups -OCH3 is 1. The van der Waals surface area contributed by atoms with Gasteiger partial charge in [0.2, 0.25) is 5.91 Å². The quantitative estimate of drug-likeness (QED) is 0.279. The third-order valence-corrected chi connectivity index (χ3v) is 7.80. The van der Waals surface area contributed by atoms with Crippen molar-refractivity contribution in [1.82, 2.24) is 14.9 Å². The van der Waals surface area contributed by atoms with Crippen LogP contribution in [0, 0.1) is 17.6 Å². The van der Waals surface area contributed by atoms with Crippen LogP contribution in [-0.2, 0) is 14.3 Å². The summed E-state index contributed by atoms with van der Waals surface area (Å²) < 4.78 is 39.4. The van der Waals surface area contributed by atoms with Crippen molar-refractivity contribution in [2.45, 2.75) is 51.2 Å². The number of nitrogens with one attached hydrogen (secondary N) is 3. The van der Waals surface area contributed by atoms with Crippen LogP contribution in [0.3, 0.4) is 0 Å². The number of hydrogen-bond donors (Lipinski definition) is 3. The van der Waals surface area contributed by atoms with Gasteiger partial charge in [0, 0.05) is 36.8 Å². The number of rotatable bonds is 3. The van der Waals surface area contributed by atoms with Gasteiger partial charge in [0.1, 0.15) is 17.7 Å². The maximum Gasteiger partial charge on any atom is 0.411 e. The first-order chi connectivity index (χ1) is 20.1. The minimum atomic E-state index is -1.12. The predicted molar refractivity (Wildman–Crippen MR) is 151 cm³/mol. The van der Waals surface area contributed by atoms with E-state index in [1.165, 1.54) is 12.0 Å². The van der Waals surface area contributed by atoms with Gasteiger partial charge in [-0.3, -0.25) is 15.0 Å². The van der Waals surface area contributed by atoms with Gasteiger partial charge in [-0.25, -0.2) is 23.4 Å². The van der Waals surface area contributed by atoms with E-state index in [4.69, 9.17) is 21.3 Å². The molecule has 0 unspecified atom stereocenters. The molecule has 3 N–H and O–H groups in total. The van der Waals surface area contributed by atoms with Crippen LogP contribution in [-0.4, -0.2) is 46.6 Å². The Balaban J connectivity index is 1.45. The fourth-order valence-corrected chi connectivity index (χ4v) is 5.57. The second-order valence-corrected chi connectivity index (χ2v) is 10.9. The number of halogens is 3. The Labute approximate surface area is 245 Å². The molecule has 222 valence electrons. The molecule has 2 aliphatic heterocycles. The molecule has 0 aliphatic carbocycles. The first-order valence-electron chi connectivity index (χ1n) is 13.6. The molecule has 10 nitrogen and oxygen atoms in total. The van der Waals surface area contributed by atoms with Crippen LogP contribution < -0.4 is 10.6 Å². The molecule has 2 aromatic carbocycles. The largest absolute Gasteiger partial charge is 0.453 e. The summed E-state index contributed by atoms with van der Waals surface area (Å²) >= 11 is 5.86. The van der Waals surface area contributed by atoms with E-state index in [0.29, 0.717) is 47.7 Å². The second kappa shape index (κ2) is 12.4. The molecule has 1 fully saturated rings. The summed E-state index contributed by atoms with van der Waals surface area (Å²) in [5, 5.41) is 5.27. The van der Waals surface area contributed by atoms with Gasteiger partial charge in [-0.15, -0.1) is 0 Å². The standard InChI is InChI=1S/C29H30ClF2N5O5/c1-15-4-3-5-22(37-11-10-23(42-29(37)40)25-19(31)9-8-18(30)26(25)32)27-33-14-21(36-27)17-7-6-16(34-28(39)41-2)13-20(17)35-24(38)12-15/h6-9,13-15,22-23H,3-5,10-12H2,1-2H3,(H,33,36)(H,34,39)(H,35,38)/t15-,22-,23+/m0/s1. The molecular formula is C29H30ClF2N5O5. The van der Waals surface area contributed by atoms with Crippen molar-refractivity contribution in [2.75, 3.05) is 24.3 Å². The Kier molecular flexibility index (Phi) is 8.62. The van der Waals surface area contributed by atoms with Crippen LogP contribution in [0.25, 0.3) is 11.3 Å². The molecule has 3 amide bonds. The molecule has 1 aromatic heterocycles. The van der Waals surface area contributed by atoms with E-state index in [1.54, 1.807) is 24.4 Å². The number of fused-ring (bicyclic) bond motifs is 4. The molecule has 3 atom stereocenters. The fourth-order valence-electron chi connectivity index (χ4n) is 5.40. The fraction of sp³-hybridized carbons (Fsp3) is 0.379. The predicted octanol–water partition coefficient (Wildman–Crippen LogP) is 6.96. The zero-order chi connectivity index (χ0) is 30.0. The molecule has 3 aromatic rings. The molecule has 2 bridgehead atoms. The van der Waals surface area contributed by atoms with E-state index in [1.807, 2.05) is 6.92 Å². The minimum Gasteiger partial charge on any atom is -0.453 e. The molecule has 0 saturated carbocycles. The monoisotopic (exact) mass is 601 g/mol. The lowest BCUT2D eigenvalue weighted by Gasteiger charge is -2.36. The number of carbonyl (C=O) groups is 3. The van der Waals surface area contributed by atoms with Gasteiger partial charge in [-0.05, 0) is 42.7 Å². The van der Waals surface area contributed by atoms with Crippen LogP contribution in [0.2, 0.25) is 5.02 Å². The van der Waals surface area contributed by atoms with Crippen molar-refractivity contribution in [2.24, 2.45) is 5.92 Å². The molecule has 42 heavy (non-hydrogen) atoms. The van der Waals surface area contributed by atoms with Gasteiger partial charge >= 0.3 is 12.2 Å². The number of anilines is 2. The van der Waals surface area contributed by atoms with E-state index in [0.717, 1.165) is 12.1 Å². The zero-order valence-electron chi connectivity index (χ0n) is 23.0. The lowest BCUT2D eigenvalue weighted by molar-refractivity contribution is -0.117. The maximum atomic E-state index is 14.7. The van der Waals surface area contributed by atoms with Crippen molar-refractivity contribution in [3.63, 3.8) is 0 Å². The lowest BCUT2D eigenvalue weighted by atomic mass is 9.96. The third kappa shape index (κ3) is 6.18. The van der Waals surface area contributed by atoms with E-state index in [-0.39, 0.29) is 41.8 Å². The highest BCUT2D eigenvalue weighted by Crippen LogP contribution is 2.38. The van der Waals surface area contributed by atoms with Crippen molar-refractivity contribution in [1.29, 1.82) is 0 Å². The summed E-state index contributed by atoms with van der Waals surface area (Å²) in [4.78, 5) is 47.4. The summed E-state index contributed by atoms with van der Waals surface area (Å²) in [5.74, 6) is -1.41. The SMILES string of the molecule is COC(=O)Nc1ccc2c(c1)NC(=O)C[C@@H](C)CCC[C@H](N1CC[C@H](c3c(F)ccc(Cl)c3F)OC1=O)c1nc-2c[nH]1. The minimum absolute atomic E-state index is 0.0454. The number of imidazole rings is 1. The Morgan fingerprint density at radius 1 is 1.19 bits per heavy atom. The Morgan fingerprint density at radius 2 is 2.00 bits per heavy atom. The van der Waals surface area contributed by atoms with E-state index >= 15 is 0 Å². The third-order valence-electron chi connectivity index (χ3n) is 7.51. The first kappa shape index (κ1) is 29.3. The number of ether oxygens (including phenoxy) is 2. The number of aromatic nitrogens is 2. The summed E-state index contributed by atoms with van der Waals surface area (Å²) in [7, 11) is 1.25. The van der Waals surface area contributed by atoms with Gasteiger partial charge < -0.3 is 19.8 Å². The normalized spacial score (nSPS) is 21.2. The number of aromatic amines is 1. The number of amides is 3. The molecule has 1 saturated heterocycles. The molecule has 13 heteroatoms. The lowest BCUT2D eigenvalue weighted by Crippen LogP contribution is -2.42. The van der Waals surface area contributed by atoms with E-state index < -0.39 is 36.0 Å². The van der Waals surface area contributed by atoms with Gasteiger partial charge in [-0.1, -0.05) is 31.4 Å². The average Bonchev–Trinajstić information content (AvgIpc) is 3.43. The van der Waals surface area contributed by atoms with Gasteiger partial charge in [0.25, 0.3) is 0 Å². The number of cyclic esters (lactones) is 1. The van der Waals surface area contributed by atoms with Gasteiger partial charge in [0.05, 0.1) is 35.1 Å². The highest BCUT2D eigenvalue weighted by atomic mass is 35.5. The average molecular weight is 602 g/mol. The maximum absolute atomic E-state index is 14.7. The number of hydrogen-bond acceptors (Lipinski definition) is 6. The first-order valence-corrected chi connectivity index (χ1v) is 14.0.